The average molecular weight is 240 g/mol. The van der Waals surface area contributed by atoms with Gasteiger partial charge in [-0.3, -0.25) is 4.79 Å². The van der Waals surface area contributed by atoms with Gasteiger partial charge in [0.1, 0.15) is 6.29 Å². The van der Waals surface area contributed by atoms with E-state index in [1.165, 1.54) is 21.9 Å². The van der Waals surface area contributed by atoms with Crippen LogP contribution >= 0.6 is 0 Å². The van der Waals surface area contributed by atoms with E-state index >= 15 is 0 Å². The zero-order valence-electron chi connectivity index (χ0n) is 11.2. The van der Waals surface area contributed by atoms with Gasteiger partial charge in [-0.05, 0) is 40.8 Å². The van der Waals surface area contributed by atoms with Gasteiger partial charge in [0.2, 0.25) is 0 Å². The van der Waals surface area contributed by atoms with Gasteiger partial charge >= 0.3 is 0 Å². The molecule has 0 saturated carbocycles. The smallest absolute Gasteiger partial charge is 0.150 e. The quantitative estimate of drug-likeness (QED) is 0.700. The molecule has 18 heavy (non-hydrogen) atoms. The molecular formula is C17H20O. The third-order valence-electron chi connectivity index (χ3n) is 3.35. The molecule has 0 spiro atoms. The first-order valence-electron chi connectivity index (χ1n) is 6.79. The SMILES string of the molecule is CCCc1ccc2cc(CCC)c(C=O)cc2c1. The highest BCUT2D eigenvalue weighted by atomic mass is 16.1. The fraction of sp³-hybridized carbons (Fsp3) is 0.353. The van der Waals surface area contributed by atoms with Crippen LogP contribution in [-0.4, -0.2) is 6.29 Å². The van der Waals surface area contributed by atoms with Crippen molar-refractivity contribution in [3.63, 3.8) is 0 Å². The molecule has 2 rings (SSSR count). The van der Waals surface area contributed by atoms with Crippen LogP contribution in [0.25, 0.3) is 10.8 Å². The molecule has 0 atom stereocenters. The van der Waals surface area contributed by atoms with Crippen LogP contribution in [0, 0.1) is 0 Å². The Hall–Kier alpha value is -1.63. The molecule has 0 radical (unpaired) electrons. The molecule has 0 aliphatic heterocycles. The van der Waals surface area contributed by atoms with E-state index in [4.69, 9.17) is 0 Å². The van der Waals surface area contributed by atoms with Gasteiger partial charge < -0.3 is 0 Å². The maximum Gasteiger partial charge on any atom is 0.150 e. The van der Waals surface area contributed by atoms with Crippen LogP contribution in [-0.2, 0) is 12.8 Å². The second-order valence-electron chi connectivity index (χ2n) is 4.85. The molecule has 0 saturated heterocycles. The standard InChI is InChI=1S/C17H20O/c1-3-5-13-7-8-15-10-14(6-4-2)17(12-18)11-16(15)9-13/h7-12H,3-6H2,1-2H3. The Labute approximate surface area is 109 Å². The first-order chi connectivity index (χ1) is 8.78. The van der Waals surface area contributed by atoms with Crippen LogP contribution in [0.1, 0.15) is 48.2 Å². The minimum atomic E-state index is 0.845. The Morgan fingerprint density at radius 3 is 2.39 bits per heavy atom. The zero-order valence-corrected chi connectivity index (χ0v) is 11.2. The van der Waals surface area contributed by atoms with E-state index < -0.39 is 0 Å². The van der Waals surface area contributed by atoms with Crippen molar-refractivity contribution in [3.05, 3.63) is 47.0 Å². The van der Waals surface area contributed by atoms with Gasteiger partial charge in [-0.1, -0.05) is 51.0 Å². The monoisotopic (exact) mass is 240 g/mol. The van der Waals surface area contributed by atoms with Gasteiger partial charge in [0, 0.05) is 5.56 Å². The Morgan fingerprint density at radius 2 is 1.72 bits per heavy atom. The molecule has 1 heteroatoms. The van der Waals surface area contributed by atoms with E-state index in [-0.39, 0.29) is 0 Å². The highest BCUT2D eigenvalue weighted by Gasteiger charge is 2.04. The number of rotatable bonds is 5. The maximum absolute atomic E-state index is 11.2. The summed E-state index contributed by atoms with van der Waals surface area (Å²) in [5.74, 6) is 0. The molecule has 0 aliphatic rings. The number of hydrogen-bond acceptors (Lipinski definition) is 1. The third kappa shape index (κ3) is 2.61. The summed E-state index contributed by atoms with van der Waals surface area (Å²) in [5.41, 5.74) is 3.37. The first-order valence-corrected chi connectivity index (χ1v) is 6.79. The van der Waals surface area contributed by atoms with E-state index in [1.54, 1.807) is 0 Å². The summed E-state index contributed by atoms with van der Waals surface area (Å²) in [6.07, 6.45) is 5.28. The number of aldehydes is 1. The number of carbonyl (C=O) groups is 1. The molecule has 94 valence electrons. The lowest BCUT2D eigenvalue weighted by molar-refractivity contribution is 0.112. The largest absolute Gasteiger partial charge is 0.298 e. The van der Waals surface area contributed by atoms with Crippen LogP contribution in [0.5, 0.6) is 0 Å². The van der Waals surface area contributed by atoms with Gasteiger partial charge in [-0.15, -0.1) is 0 Å². The summed E-state index contributed by atoms with van der Waals surface area (Å²) in [7, 11) is 0. The summed E-state index contributed by atoms with van der Waals surface area (Å²) >= 11 is 0. The summed E-state index contributed by atoms with van der Waals surface area (Å²) in [5, 5.41) is 2.42. The van der Waals surface area contributed by atoms with Gasteiger partial charge in [0.25, 0.3) is 0 Å². The van der Waals surface area contributed by atoms with Crippen molar-refractivity contribution in [1.29, 1.82) is 0 Å². The number of aryl methyl sites for hydroxylation is 2. The Bertz CT molecular complexity index is 555. The van der Waals surface area contributed by atoms with Crippen LogP contribution in [0.3, 0.4) is 0 Å². The second kappa shape index (κ2) is 5.81. The van der Waals surface area contributed by atoms with Crippen LogP contribution in [0.2, 0.25) is 0 Å². The summed E-state index contributed by atoms with van der Waals surface area (Å²) in [6.45, 7) is 4.33. The van der Waals surface area contributed by atoms with E-state index in [0.717, 1.165) is 37.5 Å². The summed E-state index contributed by atoms with van der Waals surface area (Å²) in [4.78, 5) is 11.2. The lowest BCUT2D eigenvalue weighted by Gasteiger charge is -2.08. The van der Waals surface area contributed by atoms with Crippen molar-refractivity contribution in [1.82, 2.24) is 0 Å². The molecule has 0 heterocycles. The zero-order chi connectivity index (χ0) is 13.0. The molecule has 1 nitrogen and oxygen atoms in total. The van der Waals surface area contributed by atoms with Gasteiger partial charge in [-0.25, -0.2) is 0 Å². The second-order valence-corrected chi connectivity index (χ2v) is 4.85. The van der Waals surface area contributed by atoms with Crippen molar-refractivity contribution >= 4 is 17.1 Å². The van der Waals surface area contributed by atoms with E-state index in [1.807, 2.05) is 6.07 Å². The lowest BCUT2D eigenvalue weighted by atomic mass is 9.96. The average Bonchev–Trinajstić information content (AvgIpc) is 2.39. The minimum Gasteiger partial charge on any atom is -0.298 e. The summed E-state index contributed by atoms with van der Waals surface area (Å²) < 4.78 is 0. The fourth-order valence-corrected chi connectivity index (χ4v) is 2.45. The van der Waals surface area contributed by atoms with Crippen molar-refractivity contribution in [2.45, 2.75) is 39.5 Å². The van der Waals surface area contributed by atoms with Crippen molar-refractivity contribution in [2.24, 2.45) is 0 Å². The van der Waals surface area contributed by atoms with E-state index in [9.17, 15) is 4.79 Å². The highest BCUT2D eigenvalue weighted by molar-refractivity contribution is 5.91. The molecule has 0 fully saturated rings. The van der Waals surface area contributed by atoms with Crippen LogP contribution in [0.15, 0.2) is 30.3 Å². The van der Waals surface area contributed by atoms with Crippen LogP contribution in [0.4, 0.5) is 0 Å². The topological polar surface area (TPSA) is 17.1 Å². The molecule has 0 amide bonds. The highest BCUT2D eigenvalue weighted by Crippen LogP contribution is 2.22. The Balaban J connectivity index is 2.52. The van der Waals surface area contributed by atoms with Gasteiger partial charge in [0.15, 0.2) is 0 Å². The van der Waals surface area contributed by atoms with Crippen molar-refractivity contribution in [3.8, 4) is 0 Å². The van der Waals surface area contributed by atoms with Crippen molar-refractivity contribution < 1.29 is 4.79 Å². The van der Waals surface area contributed by atoms with E-state index in [2.05, 4.69) is 38.1 Å². The molecular weight excluding hydrogens is 220 g/mol. The molecule has 0 N–H and O–H groups in total. The van der Waals surface area contributed by atoms with Gasteiger partial charge in [0.05, 0.1) is 0 Å². The molecule has 2 aromatic rings. The predicted molar refractivity (Wildman–Crippen MR) is 77.3 cm³/mol. The maximum atomic E-state index is 11.2. The number of fused-ring (bicyclic) bond motifs is 1. The molecule has 0 aliphatic carbocycles. The molecule has 0 unspecified atom stereocenters. The number of hydrogen-bond donors (Lipinski definition) is 0. The minimum absolute atomic E-state index is 0.845. The van der Waals surface area contributed by atoms with Crippen LogP contribution < -0.4 is 0 Å². The Kier molecular flexibility index (Phi) is 4.14. The molecule has 2 aromatic carbocycles. The number of benzene rings is 2. The summed E-state index contributed by atoms with van der Waals surface area (Å²) in [6, 6.07) is 10.8. The Morgan fingerprint density at radius 1 is 0.944 bits per heavy atom. The predicted octanol–water partition coefficient (Wildman–Crippen LogP) is 4.56. The van der Waals surface area contributed by atoms with Crippen molar-refractivity contribution in [2.75, 3.05) is 0 Å². The third-order valence-corrected chi connectivity index (χ3v) is 3.35. The lowest BCUT2D eigenvalue weighted by Crippen LogP contribution is -1.93. The first kappa shape index (κ1) is 12.8. The molecule has 0 bridgehead atoms. The normalized spacial score (nSPS) is 10.8. The van der Waals surface area contributed by atoms with Gasteiger partial charge in [-0.2, -0.15) is 0 Å². The van der Waals surface area contributed by atoms with E-state index in [0.29, 0.717) is 0 Å². The molecule has 0 aromatic heterocycles. The number of carbonyl (C=O) groups excluding carboxylic acids is 1. The fourth-order valence-electron chi connectivity index (χ4n) is 2.45.